The molecule has 2 N–H and O–H groups in total. The standard InChI is InChI=1S/C17H30N4O3/c1-16(2,3)24-14(23)6-8-19-15(18-4)21-9-5-7-17(12-21)10-13(22)20-11-17/h5-12H2,1-4H3,(H,18,19)(H,20,22). The number of nitrogens with one attached hydrogen (secondary N) is 2. The molecule has 7 nitrogen and oxygen atoms in total. The summed E-state index contributed by atoms with van der Waals surface area (Å²) < 4.78 is 5.31. The highest BCUT2D eigenvalue weighted by molar-refractivity contribution is 5.82. The lowest BCUT2D eigenvalue weighted by atomic mass is 9.79. The smallest absolute Gasteiger partial charge is 0.308 e. The largest absolute Gasteiger partial charge is 0.460 e. The third kappa shape index (κ3) is 5.11. The Morgan fingerprint density at radius 1 is 1.46 bits per heavy atom. The maximum atomic E-state index is 11.8. The number of aliphatic imine (C=N–C) groups is 1. The van der Waals surface area contributed by atoms with Crippen molar-refractivity contribution in [1.29, 1.82) is 0 Å². The van der Waals surface area contributed by atoms with E-state index in [0.717, 1.165) is 38.4 Å². The molecule has 0 saturated carbocycles. The van der Waals surface area contributed by atoms with E-state index in [9.17, 15) is 9.59 Å². The van der Waals surface area contributed by atoms with Crippen molar-refractivity contribution in [1.82, 2.24) is 15.5 Å². The van der Waals surface area contributed by atoms with Crippen molar-refractivity contribution in [2.45, 2.75) is 52.1 Å². The number of carbonyl (C=O) groups is 2. The van der Waals surface area contributed by atoms with Crippen molar-refractivity contribution in [3.63, 3.8) is 0 Å². The van der Waals surface area contributed by atoms with Gasteiger partial charge in [-0.1, -0.05) is 0 Å². The van der Waals surface area contributed by atoms with Crippen LogP contribution in [0.1, 0.15) is 46.5 Å². The fraction of sp³-hybridized carbons (Fsp3) is 0.824. The van der Waals surface area contributed by atoms with Gasteiger partial charge in [-0.05, 0) is 33.6 Å². The predicted octanol–water partition coefficient (Wildman–Crippen LogP) is 0.896. The van der Waals surface area contributed by atoms with E-state index in [1.807, 2.05) is 20.8 Å². The monoisotopic (exact) mass is 338 g/mol. The van der Waals surface area contributed by atoms with Gasteiger partial charge in [-0.25, -0.2) is 0 Å². The fourth-order valence-corrected chi connectivity index (χ4v) is 3.43. The first-order chi connectivity index (χ1) is 11.2. The summed E-state index contributed by atoms with van der Waals surface area (Å²) in [5.41, 5.74) is -0.432. The number of nitrogens with zero attached hydrogens (tertiary/aromatic N) is 2. The number of rotatable bonds is 3. The lowest BCUT2D eigenvalue weighted by Crippen LogP contribution is -2.51. The van der Waals surface area contributed by atoms with Crippen LogP contribution in [-0.2, 0) is 14.3 Å². The first kappa shape index (κ1) is 18.5. The summed E-state index contributed by atoms with van der Waals surface area (Å²) in [7, 11) is 1.75. The van der Waals surface area contributed by atoms with Gasteiger partial charge >= 0.3 is 5.97 Å². The van der Waals surface area contributed by atoms with E-state index in [2.05, 4.69) is 20.5 Å². The average Bonchev–Trinajstić information content (AvgIpc) is 2.82. The normalized spacial score (nSPS) is 24.9. The Bertz CT molecular complexity index is 512. The lowest BCUT2D eigenvalue weighted by molar-refractivity contribution is -0.154. The van der Waals surface area contributed by atoms with Gasteiger partial charge in [0.05, 0.1) is 6.42 Å². The van der Waals surface area contributed by atoms with E-state index in [1.165, 1.54) is 0 Å². The van der Waals surface area contributed by atoms with Crippen LogP contribution in [0, 0.1) is 5.41 Å². The molecule has 24 heavy (non-hydrogen) atoms. The zero-order valence-corrected chi connectivity index (χ0v) is 15.3. The van der Waals surface area contributed by atoms with Crippen molar-refractivity contribution in [3.05, 3.63) is 0 Å². The van der Waals surface area contributed by atoms with E-state index < -0.39 is 5.60 Å². The number of esters is 1. The number of piperidine rings is 1. The third-order valence-corrected chi connectivity index (χ3v) is 4.40. The Kier molecular flexibility index (Phi) is 5.72. The van der Waals surface area contributed by atoms with E-state index in [-0.39, 0.29) is 17.3 Å². The molecule has 2 rings (SSSR count). The average molecular weight is 338 g/mol. The molecular weight excluding hydrogens is 308 g/mol. The molecule has 1 spiro atoms. The summed E-state index contributed by atoms with van der Waals surface area (Å²) in [6.07, 6.45) is 3.01. The van der Waals surface area contributed by atoms with Gasteiger partial charge in [-0.15, -0.1) is 0 Å². The van der Waals surface area contributed by atoms with E-state index in [4.69, 9.17) is 4.74 Å². The second kappa shape index (κ2) is 7.40. The summed E-state index contributed by atoms with van der Waals surface area (Å²) in [4.78, 5) is 29.9. The Labute approximate surface area is 144 Å². The van der Waals surface area contributed by atoms with Crippen molar-refractivity contribution < 1.29 is 14.3 Å². The number of hydrogen-bond donors (Lipinski definition) is 2. The van der Waals surface area contributed by atoms with Gasteiger partial charge in [0.15, 0.2) is 5.96 Å². The molecule has 0 aromatic heterocycles. The molecule has 2 fully saturated rings. The topological polar surface area (TPSA) is 83.0 Å². The van der Waals surface area contributed by atoms with Crippen LogP contribution in [0.15, 0.2) is 4.99 Å². The first-order valence-corrected chi connectivity index (χ1v) is 8.67. The Morgan fingerprint density at radius 3 is 2.79 bits per heavy atom. The summed E-state index contributed by atoms with van der Waals surface area (Å²) >= 11 is 0. The molecule has 136 valence electrons. The lowest BCUT2D eigenvalue weighted by Gasteiger charge is -2.40. The summed E-state index contributed by atoms with van der Waals surface area (Å²) in [5.74, 6) is 0.716. The minimum absolute atomic E-state index is 0.0259. The molecule has 1 amide bonds. The number of guanidine groups is 1. The molecule has 2 aliphatic heterocycles. The molecular formula is C17H30N4O3. The van der Waals surface area contributed by atoms with Gasteiger partial charge in [0.2, 0.25) is 5.91 Å². The van der Waals surface area contributed by atoms with Crippen molar-refractivity contribution in [2.24, 2.45) is 10.4 Å². The first-order valence-electron chi connectivity index (χ1n) is 8.67. The van der Waals surface area contributed by atoms with Crippen molar-refractivity contribution in [2.75, 3.05) is 33.2 Å². The Hall–Kier alpha value is -1.79. The predicted molar refractivity (Wildman–Crippen MR) is 92.7 cm³/mol. The Balaban J connectivity index is 1.83. The van der Waals surface area contributed by atoms with Gasteiger partial charge in [-0.2, -0.15) is 0 Å². The van der Waals surface area contributed by atoms with Crippen LogP contribution in [-0.4, -0.2) is 61.6 Å². The summed E-state index contributed by atoms with van der Waals surface area (Å²) in [6.45, 7) is 8.56. The van der Waals surface area contributed by atoms with Crippen LogP contribution in [0.5, 0.6) is 0 Å². The molecule has 2 saturated heterocycles. The minimum Gasteiger partial charge on any atom is -0.460 e. The third-order valence-electron chi connectivity index (χ3n) is 4.40. The quantitative estimate of drug-likeness (QED) is 0.454. The zero-order valence-electron chi connectivity index (χ0n) is 15.3. The van der Waals surface area contributed by atoms with Crippen LogP contribution in [0.2, 0.25) is 0 Å². The Morgan fingerprint density at radius 2 is 2.21 bits per heavy atom. The SMILES string of the molecule is CN=C(NCCC(=O)OC(C)(C)C)N1CCCC2(CNC(=O)C2)C1. The molecule has 7 heteroatoms. The van der Waals surface area contributed by atoms with Gasteiger partial charge in [-0.3, -0.25) is 14.6 Å². The maximum Gasteiger partial charge on any atom is 0.308 e. The molecule has 0 aromatic rings. The number of likely N-dealkylation sites (tertiary alicyclic amines) is 1. The van der Waals surface area contributed by atoms with Crippen LogP contribution in [0.3, 0.4) is 0 Å². The zero-order chi connectivity index (χ0) is 17.8. The molecule has 0 radical (unpaired) electrons. The molecule has 1 unspecified atom stereocenters. The van der Waals surface area contributed by atoms with Gasteiger partial charge in [0, 0.05) is 45.1 Å². The minimum atomic E-state index is -0.458. The number of ether oxygens (including phenoxy) is 1. The molecule has 2 aliphatic rings. The summed E-state index contributed by atoms with van der Waals surface area (Å²) in [6, 6.07) is 0. The number of amides is 1. The van der Waals surface area contributed by atoms with Gasteiger partial charge in [0.1, 0.15) is 5.60 Å². The molecule has 0 aliphatic carbocycles. The molecule has 0 bridgehead atoms. The highest BCUT2D eigenvalue weighted by Crippen LogP contribution is 2.35. The van der Waals surface area contributed by atoms with Gasteiger partial charge < -0.3 is 20.3 Å². The molecule has 1 atom stereocenters. The number of hydrogen-bond acceptors (Lipinski definition) is 4. The van der Waals surface area contributed by atoms with Gasteiger partial charge in [0.25, 0.3) is 0 Å². The van der Waals surface area contributed by atoms with E-state index >= 15 is 0 Å². The maximum absolute atomic E-state index is 11.8. The second-order valence-corrected chi connectivity index (χ2v) is 7.79. The second-order valence-electron chi connectivity index (χ2n) is 7.79. The van der Waals surface area contributed by atoms with E-state index in [1.54, 1.807) is 7.05 Å². The fourth-order valence-electron chi connectivity index (χ4n) is 3.43. The highest BCUT2D eigenvalue weighted by Gasteiger charge is 2.42. The van der Waals surface area contributed by atoms with E-state index in [0.29, 0.717) is 19.4 Å². The molecule has 2 heterocycles. The highest BCUT2D eigenvalue weighted by atomic mass is 16.6. The van der Waals surface area contributed by atoms with Crippen LogP contribution < -0.4 is 10.6 Å². The summed E-state index contributed by atoms with van der Waals surface area (Å²) in [5, 5.41) is 6.19. The molecule has 0 aromatic carbocycles. The van der Waals surface area contributed by atoms with Crippen molar-refractivity contribution >= 4 is 17.8 Å². The van der Waals surface area contributed by atoms with Crippen LogP contribution in [0.4, 0.5) is 0 Å². The number of carbonyl (C=O) groups excluding carboxylic acids is 2. The van der Waals surface area contributed by atoms with Crippen molar-refractivity contribution in [3.8, 4) is 0 Å². The van der Waals surface area contributed by atoms with Crippen LogP contribution >= 0.6 is 0 Å². The van der Waals surface area contributed by atoms with Crippen LogP contribution in [0.25, 0.3) is 0 Å².